The van der Waals surface area contributed by atoms with Crippen LogP contribution < -0.4 is 0 Å². The fraction of sp³-hybridized carbons (Fsp3) is 0.0952. The minimum absolute atomic E-state index is 0.0202. The van der Waals surface area contributed by atoms with Crippen LogP contribution in [0.3, 0.4) is 0 Å². The number of rotatable bonds is 2. The predicted molar refractivity (Wildman–Crippen MR) is 108 cm³/mol. The molecular weight excluding hydrogens is 378 g/mol. The predicted octanol–water partition coefficient (Wildman–Crippen LogP) is 5.63. The fourth-order valence-corrected chi connectivity index (χ4v) is 4.63. The lowest BCUT2D eigenvalue weighted by Crippen LogP contribution is -2.20. The first-order valence-electron chi connectivity index (χ1n) is 8.59. The Hall–Kier alpha value is -2.63. The highest BCUT2D eigenvalue weighted by Crippen LogP contribution is 2.42. The van der Waals surface area contributed by atoms with Gasteiger partial charge in [0, 0.05) is 22.3 Å². The Morgan fingerprint density at radius 3 is 2.63 bits per heavy atom. The minimum atomic E-state index is -0.0392. The van der Waals surface area contributed by atoms with Crippen molar-refractivity contribution in [2.24, 2.45) is 0 Å². The summed E-state index contributed by atoms with van der Waals surface area (Å²) in [5.41, 5.74) is 2.00. The Labute approximate surface area is 165 Å². The number of carbonyl (C=O) groups excluding carboxylic acids is 1. The zero-order valence-corrected chi connectivity index (χ0v) is 15.7. The molecule has 1 aliphatic rings. The van der Waals surface area contributed by atoms with Crippen molar-refractivity contribution < 1.29 is 4.79 Å². The Balaban J connectivity index is 1.56. The summed E-state index contributed by atoms with van der Waals surface area (Å²) in [4.78, 5) is 17.3. The van der Waals surface area contributed by atoms with Gasteiger partial charge in [0.05, 0.1) is 0 Å². The normalized spacial score (nSPS) is 16.5. The van der Waals surface area contributed by atoms with Gasteiger partial charge in [-0.2, -0.15) is 4.68 Å². The van der Waals surface area contributed by atoms with Gasteiger partial charge in [0.25, 0.3) is 5.91 Å². The van der Waals surface area contributed by atoms with Crippen molar-refractivity contribution in [3.05, 3.63) is 77.3 Å². The number of carbonyl (C=O) groups is 1. The van der Waals surface area contributed by atoms with E-state index in [-0.39, 0.29) is 11.2 Å². The van der Waals surface area contributed by atoms with Crippen LogP contribution in [0.4, 0.5) is 0 Å². The third-order valence-electron chi connectivity index (χ3n) is 4.69. The average Bonchev–Trinajstić information content (AvgIpc) is 3.13. The van der Waals surface area contributed by atoms with Gasteiger partial charge in [0.15, 0.2) is 11.0 Å². The number of halogens is 1. The van der Waals surface area contributed by atoms with Crippen LogP contribution in [0.5, 0.6) is 0 Å². The molecule has 132 valence electrons. The van der Waals surface area contributed by atoms with Gasteiger partial charge < -0.3 is 0 Å². The van der Waals surface area contributed by atoms with Gasteiger partial charge in [-0.15, -0.1) is 5.10 Å². The molecule has 2 heterocycles. The second-order valence-corrected chi connectivity index (χ2v) is 8.02. The molecule has 0 fully saturated rings. The van der Waals surface area contributed by atoms with Crippen LogP contribution in [0.2, 0.25) is 5.02 Å². The molecule has 4 aromatic rings. The molecule has 1 unspecified atom stereocenters. The minimum Gasteiger partial charge on any atom is -0.272 e. The van der Waals surface area contributed by atoms with E-state index in [0.717, 1.165) is 21.9 Å². The maximum absolute atomic E-state index is 12.7. The Bertz CT molecular complexity index is 1160. The summed E-state index contributed by atoms with van der Waals surface area (Å²) in [6.45, 7) is 0. The van der Waals surface area contributed by atoms with E-state index >= 15 is 0 Å². The zero-order chi connectivity index (χ0) is 18.4. The molecule has 4 nitrogen and oxygen atoms in total. The highest BCUT2D eigenvalue weighted by Gasteiger charge is 2.30. The molecule has 0 radical (unpaired) electrons. The van der Waals surface area contributed by atoms with Gasteiger partial charge in [0.2, 0.25) is 0 Å². The van der Waals surface area contributed by atoms with Crippen molar-refractivity contribution in [1.82, 2.24) is 14.8 Å². The smallest absolute Gasteiger partial charge is 0.250 e. The summed E-state index contributed by atoms with van der Waals surface area (Å²) in [5, 5.41) is 8.05. The molecule has 1 atom stereocenters. The van der Waals surface area contributed by atoms with Crippen molar-refractivity contribution >= 4 is 40.0 Å². The van der Waals surface area contributed by atoms with E-state index in [1.807, 2.05) is 48.5 Å². The Kier molecular flexibility index (Phi) is 3.99. The molecule has 0 saturated carbocycles. The summed E-state index contributed by atoms with van der Waals surface area (Å²) >= 11 is 7.55. The fourth-order valence-electron chi connectivity index (χ4n) is 3.35. The lowest BCUT2D eigenvalue weighted by atomic mass is 10.0. The van der Waals surface area contributed by atoms with Crippen LogP contribution in [0.1, 0.15) is 22.0 Å². The number of benzene rings is 3. The summed E-state index contributed by atoms with van der Waals surface area (Å²) in [7, 11) is 0. The molecule has 3 aromatic carbocycles. The third kappa shape index (κ3) is 2.93. The number of hydrogen-bond donors (Lipinski definition) is 0. The lowest BCUT2D eigenvalue weighted by Gasteiger charge is -2.20. The number of aromatic nitrogens is 3. The Morgan fingerprint density at radius 2 is 1.78 bits per heavy atom. The molecule has 1 aliphatic heterocycles. The molecule has 1 aromatic heterocycles. The highest BCUT2D eigenvalue weighted by atomic mass is 35.5. The average molecular weight is 392 g/mol. The molecule has 6 heteroatoms. The van der Waals surface area contributed by atoms with E-state index in [1.165, 1.54) is 4.68 Å². The number of nitrogens with zero attached hydrogens (tertiary/aromatic N) is 3. The van der Waals surface area contributed by atoms with Crippen LogP contribution in [-0.2, 0) is 0 Å². The third-order valence-corrected chi connectivity index (χ3v) is 6.14. The topological polar surface area (TPSA) is 47.8 Å². The number of hydrogen-bond acceptors (Lipinski definition) is 4. The van der Waals surface area contributed by atoms with Gasteiger partial charge in [-0.1, -0.05) is 78.0 Å². The molecule has 27 heavy (non-hydrogen) atoms. The molecule has 0 spiro atoms. The second kappa shape index (κ2) is 6.51. The van der Waals surface area contributed by atoms with Gasteiger partial charge >= 0.3 is 0 Å². The van der Waals surface area contributed by atoms with Gasteiger partial charge in [-0.05, 0) is 28.5 Å². The molecule has 0 amide bonds. The highest BCUT2D eigenvalue weighted by molar-refractivity contribution is 7.99. The largest absolute Gasteiger partial charge is 0.272 e. The van der Waals surface area contributed by atoms with Crippen molar-refractivity contribution in [2.75, 3.05) is 0 Å². The molecule has 5 rings (SSSR count). The molecule has 0 saturated heterocycles. The molecule has 0 aliphatic carbocycles. The quantitative estimate of drug-likeness (QED) is 0.444. The van der Waals surface area contributed by atoms with Crippen molar-refractivity contribution in [2.45, 2.75) is 16.8 Å². The van der Waals surface area contributed by atoms with Gasteiger partial charge in [-0.25, -0.2) is 4.98 Å². The first kappa shape index (κ1) is 16.5. The summed E-state index contributed by atoms with van der Waals surface area (Å²) < 4.78 is 1.44. The van der Waals surface area contributed by atoms with Crippen molar-refractivity contribution in [1.29, 1.82) is 0 Å². The summed E-state index contributed by atoms with van der Waals surface area (Å²) in [6, 6.07) is 21.8. The van der Waals surface area contributed by atoms with E-state index in [0.29, 0.717) is 22.4 Å². The number of thioether (sulfide) groups is 1. The summed E-state index contributed by atoms with van der Waals surface area (Å²) in [5.74, 6) is 0.544. The monoisotopic (exact) mass is 391 g/mol. The van der Waals surface area contributed by atoms with Crippen LogP contribution in [0.15, 0.2) is 71.9 Å². The zero-order valence-electron chi connectivity index (χ0n) is 14.2. The van der Waals surface area contributed by atoms with Crippen LogP contribution in [-0.4, -0.2) is 20.7 Å². The van der Waals surface area contributed by atoms with Gasteiger partial charge in [-0.3, -0.25) is 4.79 Å². The SMILES string of the molecule is O=C1CC(c2ccc(Cl)cc2)Sc2nc(-c3cccc4ccccc34)nn21. The maximum atomic E-state index is 12.7. The van der Waals surface area contributed by atoms with E-state index in [1.54, 1.807) is 11.8 Å². The van der Waals surface area contributed by atoms with E-state index in [2.05, 4.69) is 28.3 Å². The molecule has 0 N–H and O–H groups in total. The van der Waals surface area contributed by atoms with E-state index < -0.39 is 0 Å². The number of fused-ring (bicyclic) bond motifs is 2. The van der Waals surface area contributed by atoms with Crippen LogP contribution >= 0.6 is 23.4 Å². The molecule has 0 bridgehead atoms. The first-order valence-corrected chi connectivity index (χ1v) is 9.85. The second-order valence-electron chi connectivity index (χ2n) is 6.41. The van der Waals surface area contributed by atoms with Crippen molar-refractivity contribution in [3.63, 3.8) is 0 Å². The standard InChI is InChI=1S/C21H14ClN3OS/c22-15-10-8-14(9-11-15)18-12-19(26)25-21(27-18)23-20(24-25)17-7-3-5-13-4-1-2-6-16(13)17/h1-11,18H,12H2. The van der Waals surface area contributed by atoms with Crippen LogP contribution in [0, 0.1) is 0 Å². The lowest BCUT2D eigenvalue weighted by molar-refractivity contribution is 0.0868. The summed E-state index contributed by atoms with van der Waals surface area (Å²) in [6.07, 6.45) is 0.387. The van der Waals surface area contributed by atoms with Crippen molar-refractivity contribution in [3.8, 4) is 11.4 Å². The van der Waals surface area contributed by atoms with E-state index in [4.69, 9.17) is 11.6 Å². The molecular formula is C21H14ClN3OS. The van der Waals surface area contributed by atoms with E-state index in [9.17, 15) is 4.79 Å². The first-order chi connectivity index (χ1) is 13.2. The maximum Gasteiger partial charge on any atom is 0.250 e. The Morgan fingerprint density at radius 1 is 1.00 bits per heavy atom. The van der Waals surface area contributed by atoms with Crippen LogP contribution in [0.25, 0.3) is 22.2 Å². The van der Waals surface area contributed by atoms with Gasteiger partial charge in [0.1, 0.15) is 0 Å².